The number of hydrogen-bond donors (Lipinski definition) is 2. The molecule has 0 saturated carbocycles. The fraction of sp³-hybridized carbons (Fsp3) is 1.00. The summed E-state index contributed by atoms with van der Waals surface area (Å²) in [5.41, 5.74) is 2.71. The van der Waals surface area contributed by atoms with E-state index in [1.54, 1.807) is 0 Å². The predicted octanol–water partition coefficient (Wildman–Crippen LogP) is -0.134. The van der Waals surface area contributed by atoms with Crippen LogP contribution in [0.15, 0.2) is 0 Å². The highest BCUT2D eigenvalue weighted by molar-refractivity contribution is 4.77. The van der Waals surface area contributed by atoms with Crippen molar-refractivity contribution < 1.29 is 0 Å². The van der Waals surface area contributed by atoms with Gasteiger partial charge in [0.15, 0.2) is 0 Å². The Hall–Kier alpha value is -0.160. The Balaban J connectivity index is 2.17. The number of nitrogens with zero attached hydrogens (tertiary/aromatic N) is 2. The Morgan fingerprint density at radius 3 is 2.57 bits per heavy atom. The zero-order chi connectivity index (χ0) is 10.4. The highest BCUT2D eigenvalue weighted by atomic mass is 15.2. The smallest absolute Gasteiger partial charge is 0.0225 e. The number of nitrogens with one attached hydrogen (secondary N) is 1. The molecule has 0 unspecified atom stereocenters. The SMILES string of the molecule is CCN(C)C1CCN(CCNN)CC1. The molecule has 0 atom stereocenters. The first-order chi connectivity index (χ1) is 6.77. The first-order valence-electron chi connectivity index (χ1n) is 5.64. The summed E-state index contributed by atoms with van der Waals surface area (Å²) >= 11 is 0. The predicted molar refractivity (Wildman–Crippen MR) is 60.0 cm³/mol. The van der Waals surface area contributed by atoms with Gasteiger partial charge in [-0.15, -0.1) is 0 Å². The minimum atomic E-state index is 0.794. The maximum Gasteiger partial charge on any atom is 0.0225 e. The van der Waals surface area contributed by atoms with Crippen molar-refractivity contribution in [2.75, 3.05) is 39.8 Å². The van der Waals surface area contributed by atoms with Gasteiger partial charge in [0, 0.05) is 19.1 Å². The van der Waals surface area contributed by atoms with E-state index in [1.807, 2.05) is 0 Å². The monoisotopic (exact) mass is 200 g/mol. The molecule has 0 amide bonds. The van der Waals surface area contributed by atoms with Gasteiger partial charge >= 0.3 is 0 Å². The van der Waals surface area contributed by atoms with Crippen molar-refractivity contribution in [3.8, 4) is 0 Å². The summed E-state index contributed by atoms with van der Waals surface area (Å²) in [6, 6.07) is 0.794. The lowest BCUT2D eigenvalue weighted by molar-refractivity contribution is 0.132. The van der Waals surface area contributed by atoms with Crippen molar-refractivity contribution in [2.24, 2.45) is 5.84 Å². The number of nitrogens with two attached hydrogens (primary N) is 1. The van der Waals surface area contributed by atoms with Crippen molar-refractivity contribution in [3.05, 3.63) is 0 Å². The zero-order valence-corrected chi connectivity index (χ0v) is 9.50. The molecule has 0 aromatic rings. The number of rotatable bonds is 5. The third-order valence-corrected chi connectivity index (χ3v) is 3.25. The van der Waals surface area contributed by atoms with E-state index in [0.717, 1.165) is 25.7 Å². The van der Waals surface area contributed by atoms with Gasteiger partial charge in [-0.25, -0.2) is 0 Å². The minimum Gasteiger partial charge on any atom is -0.304 e. The van der Waals surface area contributed by atoms with Gasteiger partial charge in [0.2, 0.25) is 0 Å². The van der Waals surface area contributed by atoms with Gasteiger partial charge in [-0.1, -0.05) is 6.92 Å². The molecule has 0 aromatic carbocycles. The van der Waals surface area contributed by atoms with E-state index in [1.165, 1.54) is 25.9 Å². The quantitative estimate of drug-likeness (QED) is 0.479. The lowest BCUT2D eigenvalue weighted by atomic mass is 10.0. The van der Waals surface area contributed by atoms with Crippen LogP contribution in [0, 0.1) is 0 Å². The van der Waals surface area contributed by atoms with E-state index >= 15 is 0 Å². The molecule has 0 aliphatic carbocycles. The molecular weight excluding hydrogens is 176 g/mol. The van der Waals surface area contributed by atoms with Crippen LogP contribution in [0.25, 0.3) is 0 Å². The van der Waals surface area contributed by atoms with Crippen LogP contribution in [0.2, 0.25) is 0 Å². The zero-order valence-electron chi connectivity index (χ0n) is 9.50. The van der Waals surface area contributed by atoms with Crippen LogP contribution in [0.3, 0.4) is 0 Å². The molecule has 0 radical (unpaired) electrons. The van der Waals surface area contributed by atoms with Gasteiger partial charge in [-0.05, 0) is 39.5 Å². The molecule has 0 spiro atoms. The second-order valence-corrected chi connectivity index (χ2v) is 4.10. The normalized spacial score (nSPS) is 20.6. The van der Waals surface area contributed by atoms with Crippen LogP contribution in [0.4, 0.5) is 0 Å². The summed E-state index contributed by atoms with van der Waals surface area (Å²) in [7, 11) is 2.22. The fourth-order valence-corrected chi connectivity index (χ4v) is 2.06. The van der Waals surface area contributed by atoms with Crippen molar-refractivity contribution in [2.45, 2.75) is 25.8 Å². The summed E-state index contributed by atoms with van der Waals surface area (Å²) in [5.74, 6) is 5.26. The van der Waals surface area contributed by atoms with Crippen LogP contribution in [-0.2, 0) is 0 Å². The Kier molecular flexibility index (Phi) is 5.40. The molecule has 14 heavy (non-hydrogen) atoms. The van der Waals surface area contributed by atoms with Crippen molar-refractivity contribution in [3.63, 3.8) is 0 Å². The molecule has 0 bridgehead atoms. The lowest BCUT2D eigenvalue weighted by Crippen LogP contribution is -2.45. The number of piperidine rings is 1. The Bertz CT molecular complexity index is 143. The summed E-state index contributed by atoms with van der Waals surface area (Å²) in [4.78, 5) is 4.94. The van der Waals surface area contributed by atoms with E-state index in [-0.39, 0.29) is 0 Å². The number of hydrogen-bond acceptors (Lipinski definition) is 4. The topological polar surface area (TPSA) is 44.5 Å². The second kappa shape index (κ2) is 6.35. The molecule has 84 valence electrons. The molecule has 0 aromatic heterocycles. The molecule has 1 saturated heterocycles. The second-order valence-electron chi connectivity index (χ2n) is 4.10. The molecule has 4 nitrogen and oxygen atoms in total. The van der Waals surface area contributed by atoms with E-state index in [0.29, 0.717) is 0 Å². The third-order valence-electron chi connectivity index (χ3n) is 3.25. The molecular formula is C10H24N4. The molecule has 1 heterocycles. The lowest BCUT2D eigenvalue weighted by Gasteiger charge is -2.36. The van der Waals surface area contributed by atoms with Crippen LogP contribution in [0.1, 0.15) is 19.8 Å². The highest BCUT2D eigenvalue weighted by Gasteiger charge is 2.20. The highest BCUT2D eigenvalue weighted by Crippen LogP contribution is 2.14. The Labute approximate surface area is 87.4 Å². The van der Waals surface area contributed by atoms with E-state index in [4.69, 9.17) is 5.84 Å². The maximum atomic E-state index is 5.26. The fourth-order valence-electron chi connectivity index (χ4n) is 2.06. The standard InChI is InChI=1S/C10H24N4/c1-3-13(2)10-4-7-14(8-5-10)9-6-12-11/h10,12H,3-9,11H2,1-2H3. The average Bonchev–Trinajstić information content (AvgIpc) is 2.26. The van der Waals surface area contributed by atoms with Crippen LogP contribution in [0.5, 0.6) is 0 Å². The van der Waals surface area contributed by atoms with Crippen molar-refractivity contribution >= 4 is 0 Å². The molecule has 1 rings (SSSR count). The van der Waals surface area contributed by atoms with Gasteiger partial charge in [-0.3, -0.25) is 11.3 Å². The summed E-state index contributed by atoms with van der Waals surface area (Å²) < 4.78 is 0. The van der Waals surface area contributed by atoms with Gasteiger partial charge in [0.25, 0.3) is 0 Å². The van der Waals surface area contributed by atoms with Gasteiger partial charge in [0.05, 0.1) is 0 Å². The third kappa shape index (κ3) is 3.53. The molecule has 4 heteroatoms. The van der Waals surface area contributed by atoms with Crippen LogP contribution in [-0.4, -0.2) is 55.6 Å². The minimum absolute atomic E-state index is 0.794. The van der Waals surface area contributed by atoms with Crippen molar-refractivity contribution in [1.82, 2.24) is 15.2 Å². The average molecular weight is 200 g/mol. The molecule has 1 aliphatic heterocycles. The van der Waals surface area contributed by atoms with Gasteiger partial charge in [-0.2, -0.15) is 0 Å². The largest absolute Gasteiger partial charge is 0.304 e. The first kappa shape index (κ1) is 11.9. The first-order valence-corrected chi connectivity index (χ1v) is 5.64. The van der Waals surface area contributed by atoms with Crippen LogP contribution < -0.4 is 11.3 Å². The Morgan fingerprint density at radius 1 is 1.43 bits per heavy atom. The summed E-state index contributed by atoms with van der Waals surface area (Å²) in [6.07, 6.45) is 2.60. The van der Waals surface area contributed by atoms with Gasteiger partial charge in [0.1, 0.15) is 0 Å². The molecule has 3 N–H and O–H groups in total. The van der Waals surface area contributed by atoms with Gasteiger partial charge < -0.3 is 9.80 Å². The van der Waals surface area contributed by atoms with Crippen molar-refractivity contribution in [1.29, 1.82) is 0 Å². The van der Waals surface area contributed by atoms with E-state index in [2.05, 4.69) is 29.2 Å². The van der Waals surface area contributed by atoms with E-state index < -0.39 is 0 Å². The summed E-state index contributed by atoms with van der Waals surface area (Å²) in [6.45, 7) is 7.81. The van der Waals surface area contributed by atoms with E-state index in [9.17, 15) is 0 Å². The molecule has 1 fully saturated rings. The maximum absolute atomic E-state index is 5.26. The summed E-state index contributed by atoms with van der Waals surface area (Å²) in [5, 5.41) is 0. The molecule has 1 aliphatic rings. The van der Waals surface area contributed by atoms with Crippen LogP contribution >= 0.6 is 0 Å². The number of likely N-dealkylation sites (tertiary alicyclic amines) is 1. The Morgan fingerprint density at radius 2 is 2.07 bits per heavy atom. The number of hydrazine groups is 1.